The van der Waals surface area contributed by atoms with Gasteiger partial charge in [-0.2, -0.15) is 13.2 Å². The molecule has 2 N–H and O–H groups in total. The van der Waals surface area contributed by atoms with Crippen molar-refractivity contribution in [3.05, 3.63) is 35.1 Å². The Hall–Kier alpha value is -1.10. The lowest BCUT2D eigenvalue weighted by Crippen LogP contribution is -2.24. The van der Waals surface area contributed by atoms with Crippen LogP contribution >= 0.6 is 0 Å². The van der Waals surface area contributed by atoms with E-state index in [0.717, 1.165) is 31.7 Å². The van der Waals surface area contributed by atoms with Gasteiger partial charge in [0.25, 0.3) is 0 Å². The largest absolute Gasteiger partial charge is 0.419 e. The van der Waals surface area contributed by atoms with Crippen molar-refractivity contribution in [1.29, 1.82) is 0 Å². The minimum absolute atomic E-state index is 0.0212. The molecule has 1 aliphatic rings. The van der Waals surface area contributed by atoms with Crippen molar-refractivity contribution in [3.63, 3.8) is 0 Å². The zero-order valence-electron chi connectivity index (χ0n) is 9.80. The Morgan fingerprint density at radius 2 is 1.78 bits per heavy atom. The van der Waals surface area contributed by atoms with Crippen molar-refractivity contribution < 1.29 is 17.6 Å². The molecule has 0 spiro atoms. The number of benzene rings is 1. The van der Waals surface area contributed by atoms with Crippen LogP contribution in [0.5, 0.6) is 0 Å². The van der Waals surface area contributed by atoms with Gasteiger partial charge in [0.15, 0.2) is 0 Å². The highest BCUT2D eigenvalue weighted by atomic mass is 19.4. The average Bonchev–Trinajstić information content (AvgIpc) is 2.79. The SMILES string of the molecule is N[C@@H](c1cccc(F)c1C(F)(F)F)C1CCCC1. The maximum Gasteiger partial charge on any atom is 0.419 e. The second kappa shape index (κ2) is 4.88. The van der Waals surface area contributed by atoms with Crippen LogP contribution in [0, 0.1) is 11.7 Å². The molecule has 0 saturated heterocycles. The van der Waals surface area contributed by atoms with Crippen molar-refractivity contribution >= 4 is 0 Å². The van der Waals surface area contributed by atoms with Crippen LogP contribution in [0.25, 0.3) is 0 Å². The van der Waals surface area contributed by atoms with Gasteiger partial charge in [-0.1, -0.05) is 25.0 Å². The van der Waals surface area contributed by atoms with E-state index >= 15 is 0 Å². The third kappa shape index (κ3) is 2.51. The highest BCUT2D eigenvalue weighted by Gasteiger charge is 2.39. The molecule has 5 heteroatoms. The third-order valence-corrected chi connectivity index (χ3v) is 3.60. The van der Waals surface area contributed by atoms with Crippen LogP contribution in [0.15, 0.2) is 18.2 Å². The molecule has 1 nitrogen and oxygen atoms in total. The van der Waals surface area contributed by atoms with E-state index in [0.29, 0.717) is 0 Å². The van der Waals surface area contributed by atoms with Crippen molar-refractivity contribution in [2.45, 2.75) is 37.9 Å². The first-order valence-electron chi connectivity index (χ1n) is 6.02. The molecule has 2 rings (SSSR count). The number of rotatable bonds is 2. The highest BCUT2D eigenvalue weighted by molar-refractivity contribution is 5.34. The van der Waals surface area contributed by atoms with Crippen molar-refractivity contribution in [2.24, 2.45) is 11.7 Å². The van der Waals surface area contributed by atoms with Gasteiger partial charge >= 0.3 is 6.18 Å². The van der Waals surface area contributed by atoms with E-state index in [1.54, 1.807) is 0 Å². The number of hydrogen-bond donors (Lipinski definition) is 1. The molecule has 0 aliphatic heterocycles. The molecule has 0 radical (unpaired) electrons. The molecule has 0 bridgehead atoms. The molecule has 18 heavy (non-hydrogen) atoms. The Morgan fingerprint density at radius 3 is 2.33 bits per heavy atom. The van der Waals surface area contributed by atoms with E-state index in [1.807, 2.05) is 0 Å². The minimum atomic E-state index is -4.70. The van der Waals surface area contributed by atoms with E-state index in [9.17, 15) is 17.6 Å². The second-order valence-electron chi connectivity index (χ2n) is 4.77. The van der Waals surface area contributed by atoms with Crippen molar-refractivity contribution in [3.8, 4) is 0 Å². The monoisotopic (exact) mass is 261 g/mol. The molecule has 0 unspecified atom stereocenters. The Kier molecular flexibility index (Phi) is 3.61. The van der Waals surface area contributed by atoms with Gasteiger partial charge in [-0.3, -0.25) is 0 Å². The fraction of sp³-hybridized carbons (Fsp3) is 0.538. The first kappa shape index (κ1) is 13.3. The summed E-state index contributed by atoms with van der Waals surface area (Å²) in [7, 11) is 0. The van der Waals surface area contributed by atoms with Gasteiger partial charge in [0.2, 0.25) is 0 Å². The molecule has 1 atom stereocenters. The van der Waals surface area contributed by atoms with Gasteiger partial charge < -0.3 is 5.73 Å². The maximum atomic E-state index is 13.4. The smallest absolute Gasteiger partial charge is 0.324 e. The predicted molar refractivity (Wildman–Crippen MR) is 60.3 cm³/mol. The quantitative estimate of drug-likeness (QED) is 0.799. The normalized spacial score (nSPS) is 19.2. The number of halogens is 4. The Balaban J connectivity index is 2.40. The standard InChI is InChI=1S/C13H15F4N/c14-10-7-3-6-9(11(10)13(15,16)17)12(18)8-4-1-2-5-8/h3,6-8,12H,1-2,4-5,18H2/t12-/m1/s1. The first-order chi connectivity index (χ1) is 8.41. The van der Waals surface area contributed by atoms with Gasteiger partial charge in [-0.25, -0.2) is 4.39 Å². The van der Waals surface area contributed by atoms with Gasteiger partial charge in [0.1, 0.15) is 5.82 Å². The minimum Gasteiger partial charge on any atom is -0.324 e. The van der Waals surface area contributed by atoms with Crippen LogP contribution < -0.4 is 5.73 Å². The first-order valence-corrected chi connectivity index (χ1v) is 6.02. The van der Waals surface area contributed by atoms with Crippen LogP contribution in [0.2, 0.25) is 0 Å². The molecule has 1 fully saturated rings. The van der Waals surface area contributed by atoms with E-state index in [-0.39, 0.29) is 11.5 Å². The van der Waals surface area contributed by atoms with Gasteiger partial charge in [-0.05, 0) is 30.4 Å². The average molecular weight is 261 g/mol. The molecule has 1 aliphatic carbocycles. The summed E-state index contributed by atoms with van der Waals surface area (Å²) < 4.78 is 52.0. The fourth-order valence-electron chi connectivity index (χ4n) is 2.69. The summed E-state index contributed by atoms with van der Waals surface area (Å²) in [5.74, 6) is -1.22. The van der Waals surface area contributed by atoms with E-state index in [4.69, 9.17) is 5.73 Å². The Labute approximate surface area is 103 Å². The fourth-order valence-corrected chi connectivity index (χ4v) is 2.69. The third-order valence-electron chi connectivity index (χ3n) is 3.60. The summed E-state index contributed by atoms with van der Waals surface area (Å²) in [5.41, 5.74) is 4.58. The summed E-state index contributed by atoms with van der Waals surface area (Å²) in [6.45, 7) is 0. The molecule has 0 aromatic heterocycles. The molecule has 1 saturated carbocycles. The zero-order chi connectivity index (χ0) is 13.3. The van der Waals surface area contributed by atoms with Crippen LogP contribution in [0.1, 0.15) is 42.9 Å². The number of hydrogen-bond acceptors (Lipinski definition) is 1. The second-order valence-corrected chi connectivity index (χ2v) is 4.77. The lowest BCUT2D eigenvalue weighted by molar-refractivity contribution is -0.140. The van der Waals surface area contributed by atoms with Crippen LogP contribution in [0.3, 0.4) is 0 Å². The molecule has 0 amide bonds. The Bertz CT molecular complexity index is 421. The highest BCUT2D eigenvalue weighted by Crippen LogP contribution is 2.41. The van der Waals surface area contributed by atoms with Crippen molar-refractivity contribution in [1.82, 2.24) is 0 Å². The van der Waals surface area contributed by atoms with Crippen molar-refractivity contribution in [2.75, 3.05) is 0 Å². The van der Waals surface area contributed by atoms with Gasteiger partial charge in [-0.15, -0.1) is 0 Å². The summed E-state index contributed by atoms with van der Waals surface area (Å²) in [6.07, 6.45) is -1.11. The topological polar surface area (TPSA) is 26.0 Å². The maximum absolute atomic E-state index is 13.4. The lowest BCUT2D eigenvalue weighted by atomic mass is 9.89. The van der Waals surface area contributed by atoms with Crippen LogP contribution in [-0.4, -0.2) is 0 Å². The number of alkyl halides is 3. The van der Waals surface area contributed by atoms with Crippen LogP contribution in [0.4, 0.5) is 17.6 Å². The summed E-state index contributed by atoms with van der Waals surface area (Å²) in [4.78, 5) is 0. The predicted octanol–water partition coefficient (Wildman–Crippen LogP) is 4.03. The lowest BCUT2D eigenvalue weighted by Gasteiger charge is -2.23. The summed E-state index contributed by atoms with van der Waals surface area (Å²) in [5, 5.41) is 0. The molecule has 0 heterocycles. The molecule has 1 aromatic rings. The van der Waals surface area contributed by atoms with E-state index in [2.05, 4.69) is 0 Å². The number of nitrogens with two attached hydrogens (primary N) is 1. The molecule has 100 valence electrons. The molecule has 1 aromatic carbocycles. The van der Waals surface area contributed by atoms with Crippen LogP contribution in [-0.2, 0) is 6.18 Å². The van der Waals surface area contributed by atoms with Gasteiger partial charge in [0, 0.05) is 6.04 Å². The molecular weight excluding hydrogens is 246 g/mol. The van der Waals surface area contributed by atoms with Gasteiger partial charge in [0.05, 0.1) is 5.56 Å². The Morgan fingerprint density at radius 1 is 1.17 bits per heavy atom. The van der Waals surface area contributed by atoms with E-state index in [1.165, 1.54) is 12.1 Å². The zero-order valence-corrected chi connectivity index (χ0v) is 9.80. The summed E-state index contributed by atoms with van der Waals surface area (Å²) >= 11 is 0. The molecular formula is C13H15F4N. The van der Waals surface area contributed by atoms with E-state index < -0.39 is 23.6 Å². The summed E-state index contributed by atoms with van der Waals surface area (Å²) in [6, 6.07) is 2.66.